The van der Waals surface area contributed by atoms with Crippen molar-refractivity contribution in [3.05, 3.63) is 76.3 Å². The first-order chi connectivity index (χ1) is 23.7. The van der Waals surface area contributed by atoms with Crippen molar-refractivity contribution in [1.29, 1.82) is 0 Å². The van der Waals surface area contributed by atoms with Gasteiger partial charge in [-0.2, -0.15) is 0 Å². The van der Waals surface area contributed by atoms with Crippen molar-refractivity contribution in [3.8, 4) is 0 Å². The molecular formula is C37H44N4O5S3. The SMILES string of the molecule is CCCCCCCC(=O)SCC/C=C/[C@@H]1CC(=O)NCc2nc(cs2)C2=N[C@@](C)(CS2)C(=O)N[C@@H](Cc2cccc3ccccc23)C(=O)O1. The molecule has 0 saturated heterocycles. The summed E-state index contributed by atoms with van der Waals surface area (Å²) < 4.78 is 5.99. The summed E-state index contributed by atoms with van der Waals surface area (Å²) in [5.41, 5.74) is 0.455. The largest absolute Gasteiger partial charge is 0.456 e. The molecule has 1 aromatic heterocycles. The second kappa shape index (κ2) is 18.0. The van der Waals surface area contributed by atoms with Gasteiger partial charge in [-0.1, -0.05) is 92.9 Å². The molecule has 0 saturated carbocycles. The maximum absolute atomic E-state index is 14.0. The van der Waals surface area contributed by atoms with Crippen LogP contribution in [0, 0.1) is 0 Å². The van der Waals surface area contributed by atoms with Crippen LogP contribution in [0.15, 0.2) is 65.0 Å². The van der Waals surface area contributed by atoms with Crippen LogP contribution in [-0.4, -0.2) is 62.1 Å². The molecule has 3 atom stereocenters. The number of amides is 2. The highest BCUT2D eigenvalue weighted by atomic mass is 32.2. The lowest BCUT2D eigenvalue weighted by Gasteiger charge is -2.25. The Morgan fingerprint density at radius 1 is 1.10 bits per heavy atom. The maximum atomic E-state index is 14.0. The number of hydrogen-bond acceptors (Lipinski definition) is 10. The molecule has 0 radical (unpaired) electrons. The fraction of sp³-hybridized carbons (Fsp3) is 0.459. The summed E-state index contributed by atoms with van der Waals surface area (Å²) in [6.07, 6.45) is 9.47. The van der Waals surface area contributed by atoms with Crippen molar-refractivity contribution in [2.75, 3.05) is 11.5 Å². The van der Waals surface area contributed by atoms with Crippen LogP contribution in [0.3, 0.4) is 0 Å². The van der Waals surface area contributed by atoms with Gasteiger partial charge in [0.25, 0.3) is 0 Å². The first kappa shape index (κ1) is 36.8. The number of nitrogens with one attached hydrogen (secondary N) is 2. The lowest BCUT2D eigenvalue weighted by Crippen LogP contribution is -2.52. The predicted octanol–water partition coefficient (Wildman–Crippen LogP) is 6.77. The number of aliphatic imine (C=N–C) groups is 1. The Hall–Kier alpha value is -3.48. The smallest absolute Gasteiger partial charge is 0.329 e. The fourth-order valence-corrected chi connectivity index (χ4v) is 8.37. The summed E-state index contributed by atoms with van der Waals surface area (Å²) in [5, 5.41) is 11.3. The maximum Gasteiger partial charge on any atom is 0.329 e. The molecule has 2 amide bonds. The lowest BCUT2D eigenvalue weighted by molar-refractivity contribution is -0.152. The number of carbonyl (C=O) groups is 4. The van der Waals surface area contributed by atoms with Crippen molar-refractivity contribution >= 4 is 73.6 Å². The molecule has 2 aromatic carbocycles. The quantitative estimate of drug-likeness (QED) is 0.119. The normalized spacial score (nSPS) is 21.8. The number of thioether (sulfide) groups is 2. The highest BCUT2D eigenvalue weighted by molar-refractivity contribution is 8.14. The Kier molecular flexibility index (Phi) is 13.5. The highest BCUT2D eigenvalue weighted by Gasteiger charge is 2.41. The number of allylic oxidation sites excluding steroid dienone is 1. The second-order valence-corrected chi connectivity index (χ2v) is 15.6. The molecule has 3 heterocycles. The van der Waals surface area contributed by atoms with Gasteiger partial charge in [-0.25, -0.2) is 9.78 Å². The van der Waals surface area contributed by atoms with Crippen LogP contribution in [0.1, 0.15) is 81.5 Å². The fourth-order valence-electron chi connectivity index (χ4n) is 5.68. The van der Waals surface area contributed by atoms with E-state index in [2.05, 4.69) is 22.5 Å². The van der Waals surface area contributed by atoms with E-state index in [1.807, 2.05) is 53.9 Å². The molecule has 5 rings (SSSR count). The topological polar surface area (TPSA) is 127 Å². The van der Waals surface area contributed by atoms with Gasteiger partial charge in [0.1, 0.15) is 33.4 Å². The van der Waals surface area contributed by atoms with Gasteiger partial charge in [0.15, 0.2) is 5.12 Å². The van der Waals surface area contributed by atoms with Crippen molar-refractivity contribution in [2.45, 2.75) is 95.9 Å². The van der Waals surface area contributed by atoms with Gasteiger partial charge in [-0.05, 0) is 42.2 Å². The van der Waals surface area contributed by atoms with E-state index >= 15 is 0 Å². The average Bonchev–Trinajstić information content (AvgIpc) is 3.74. The molecule has 3 aromatic rings. The number of unbranched alkanes of at least 4 members (excludes halogenated alkanes) is 4. The highest BCUT2D eigenvalue weighted by Crippen LogP contribution is 2.32. The predicted molar refractivity (Wildman–Crippen MR) is 200 cm³/mol. The minimum atomic E-state index is -1.10. The Bertz CT molecular complexity index is 1700. The minimum Gasteiger partial charge on any atom is -0.456 e. The molecule has 0 spiro atoms. The third-order valence-electron chi connectivity index (χ3n) is 8.47. The van der Waals surface area contributed by atoms with Crippen LogP contribution in [0.4, 0.5) is 0 Å². The Morgan fingerprint density at radius 2 is 1.92 bits per heavy atom. The molecule has 2 aliphatic heterocycles. The zero-order valence-electron chi connectivity index (χ0n) is 28.1. The molecule has 0 fully saturated rings. The first-order valence-electron chi connectivity index (χ1n) is 17.0. The van der Waals surface area contributed by atoms with E-state index in [-0.39, 0.29) is 36.3 Å². The van der Waals surface area contributed by atoms with E-state index in [0.29, 0.717) is 40.1 Å². The van der Waals surface area contributed by atoms with Gasteiger partial charge in [-0.15, -0.1) is 23.1 Å². The summed E-state index contributed by atoms with van der Waals surface area (Å²) in [4.78, 5) is 62.6. The van der Waals surface area contributed by atoms with E-state index < -0.39 is 23.7 Å². The van der Waals surface area contributed by atoms with Gasteiger partial charge in [0.05, 0.1) is 13.0 Å². The number of rotatable bonds is 12. The van der Waals surface area contributed by atoms with Gasteiger partial charge in [-0.3, -0.25) is 19.4 Å². The molecule has 4 bridgehead atoms. The number of fused-ring (bicyclic) bond motifs is 5. The number of nitrogens with zero attached hydrogens (tertiary/aromatic N) is 2. The zero-order valence-corrected chi connectivity index (χ0v) is 30.5. The summed E-state index contributed by atoms with van der Waals surface area (Å²) >= 11 is 4.17. The summed E-state index contributed by atoms with van der Waals surface area (Å²) in [6, 6.07) is 12.7. The van der Waals surface area contributed by atoms with Crippen molar-refractivity contribution in [1.82, 2.24) is 15.6 Å². The number of benzene rings is 2. The molecule has 260 valence electrons. The first-order valence-corrected chi connectivity index (χ1v) is 19.8. The number of ether oxygens (including phenoxy) is 1. The molecule has 0 unspecified atom stereocenters. The van der Waals surface area contributed by atoms with Gasteiger partial charge < -0.3 is 15.4 Å². The van der Waals surface area contributed by atoms with Gasteiger partial charge in [0.2, 0.25) is 11.8 Å². The zero-order chi connectivity index (χ0) is 34.6. The van der Waals surface area contributed by atoms with Crippen molar-refractivity contribution in [3.63, 3.8) is 0 Å². The van der Waals surface area contributed by atoms with Crippen molar-refractivity contribution < 1.29 is 23.9 Å². The third kappa shape index (κ3) is 10.5. The van der Waals surface area contributed by atoms with Crippen LogP contribution in [0.2, 0.25) is 0 Å². The molecule has 49 heavy (non-hydrogen) atoms. The van der Waals surface area contributed by atoms with Crippen LogP contribution >= 0.6 is 34.9 Å². The number of aromatic nitrogens is 1. The third-order valence-corrected chi connectivity index (χ3v) is 11.6. The van der Waals surface area contributed by atoms with Crippen LogP contribution in [0.25, 0.3) is 10.8 Å². The van der Waals surface area contributed by atoms with Gasteiger partial charge in [0, 0.05) is 29.7 Å². The molecule has 2 N–H and O–H groups in total. The van der Waals surface area contributed by atoms with Crippen LogP contribution in [-0.2, 0) is 36.9 Å². The molecule has 0 aliphatic carbocycles. The Labute approximate surface area is 300 Å². The Morgan fingerprint density at radius 3 is 2.78 bits per heavy atom. The molecule has 12 heteroatoms. The lowest BCUT2D eigenvalue weighted by atomic mass is 9.97. The molecule has 9 nitrogen and oxygen atoms in total. The van der Waals surface area contributed by atoms with E-state index in [0.717, 1.165) is 35.6 Å². The number of hydrogen-bond donors (Lipinski definition) is 2. The van der Waals surface area contributed by atoms with E-state index in [9.17, 15) is 19.2 Å². The van der Waals surface area contributed by atoms with E-state index in [1.54, 1.807) is 13.0 Å². The summed E-state index contributed by atoms with van der Waals surface area (Å²) in [7, 11) is 0. The molecule has 2 aliphatic rings. The number of carbonyl (C=O) groups excluding carboxylic acids is 4. The van der Waals surface area contributed by atoms with E-state index in [4.69, 9.17) is 9.73 Å². The summed E-state index contributed by atoms with van der Waals surface area (Å²) in [5.74, 6) is -0.309. The second-order valence-electron chi connectivity index (χ2n) is 12.5. The van der Waals surface area contributed by atoms with Crippen LogP contribution in [0.5, 0.6) is 0 Å². The minimum absolute atomic E-state index is 0.0977. The Balaban J connectivity index is 1.33. The van der Waals surface area contributed by atoms with E-state index in [1.165, 1.54) is 47.7 Å². The number of cyclic esters (lactones) is 1. The molecular weight excluding hydrogens is 677 g/mol. The number of esters is 1. The van der Waals surface area contributed by atoms with Gasteiger partial charge >= 0.3 is 5.97 Å². The number of thiazole rings is 1. The monoisotopic (exact) mass is 720 g/mol. The summed E-state index contributed by atoms with van der Waals surface area (Å²) in [6.45, 7) is 4.16. The standard InChI is InChI=1S/C37H44N4O5S3/c1-3-4-5-6-7-18-33(43)47-19-11-10-16-27-21-31(42)38-22-32-39-30(23-48-32)34-41-37(2,24-49-34)36(45)40-29(35(44)46-27)20-26-15-12-14-25-13-8-9-17-28(25)26/h8-10,12-17,23,27,29H,3-7,11,18-22,24H2,1-2H3,(H,38,42)(H,40,45)/b16-10+/t27-,29+,37+/m1/s1. The average molecular weight is 721 g/mol. The van der Waals surface area contributed by atoms with Crippen molar-refractivity contribution in [2.24, 2.45) is 4.99 Å². The van der Waals surface area contributed by atoms with Crippen LogP contribution < -0.4 is 10.6 Å².